The Morgan fingerprint density at radius 1 is 1.55 bits per heavy atom. The molecule has 0 N–H and O–H groups in total. The number of carbonyl (C=O) groups is 1. The second kappa shape index (κ2) is 6.68. The Bertz CT molecular complexity index is 557. The Hall–Kier alpha value is -1.65. The normalized spacial score (nSPS) is 15.6. The van der Waals surface area contributed by atoms with Crippen molar-refractivity contribution in [2.75, 3.05) is 13.1 Å². The molecule has 1 aliphatic rings. The lowest BCUT2D eigenvalue weighted by Crippen LogP contribution is -2.31. The highest BCUT2D eigenvalue weighted by atomic mass is 32.1. The van der Waals surface area contributed by atoms with Crippen molar-refractivity contribution in [1.29, 1.82) is 0 Å². The maximum Gasteiger partial charge on any atom is 0.308 e. The van der Waals surface area contributed by atoms with Crippen LogP contribution >= 0.6 is 11.3 Å². The molecule has 20 heavy (non-hydrogen) atoms. The van der Waals surface area contributed by atoms with Gasteiger partial charge in [-0.15, -0.1) is 11.3 Å². The summed E-state index contributed by atoms with van der Waals surface area (Å²) >= 11 is 1.58. The number of thiophene rings is 1. The quantitative estimate of drug-likeness (QED) is 0.615. The van der Waals surface area contributed by atoms with E-state index in [9.17, 15) is 4.79 Å². The van der Waals surface area contributed by atoms with Crippen LogP contribution in [0.2, 0.25) is 0 Å². The van der Waals surface area contributed by atoms with Gasteiger partial charge in [0.15, 0.2) is 5.06 Å². The Labute approximate surface area is 123 Å². The second-order valence-corrected chi connectivity index (χ2v) is 5.85. The van der Waals surface area contributed by atoms with E-state index in [1.807, 2.05) is 18.2 Å². The van der Waals surface area contributed by atoms with Crippen LogP contribution < -0.4 is 4.74 Å². The van der Waals surface area contributed by atoms with Gasteiger partial charge < -0.3 is 4.74 Å². The zero-order valence-corrected chi connectivity index (χ0v) is 12.5. The number of ether oxygens (including phenoxy) is 1. The van der Waals surface area contributed by atoms with Crippen molar-refractivity contribution in [1.82, 2.24) is 4.90 Å². The molecule has 0 aromatic carbocycles. The smallest absolute Gasteiger partial charge is 0.308 e. The fourth-order valence-electron chi connectivity index (χ4n) is 2.29. The summed E-state index contributed by atoms with van der Waals surface area (Å²) in [6.07, 6.45) is 6.64. The third-order valence-corrected chi connectivity index (χ3v) is 4.28. The van der Waals surface area contributed by atoms with Gasteiger partial charge >= 0.3 is 5.97 Å². The van der Waals surface area contributed by atoms with Crippen LogP contribution in [0.5, 0.6) is 5.06 Å². The third kappa shape index (κ3) is 3.68. The molecule has 0 radical (unpaired) electrons. The number of hydrogen-bond donors (Lipinski definition) is 0. The van der Waals surface area contributed by atoms with E-state index >= 15 is 0 Å². The largest absolute Gasteiger partial charge is 0.416 e. The van der Waals surface area contributed by atoms with Gasteiger partial charge in [0, 0.05) is 31.4 Å². The third-order valence-electron chi connectivity index (χ3n) is 3.17. The molecule has 1 aliphatic heterocycles. The molecular formula is C16H19NO2S. The van der Waals surface area contributed by atoms with Crippen molar-refractivity contribution >= 4 is 17.3 Å². The van der Waals surface area contributed by atoms with Crippen LogP contribution in [0, 0.1) is 0 Å². The summed E-state index contributed by atoms with van der Waals surface area (Å²) < 4.78 is 5.16. The first-order chi connectivity index (χ1) is 9.62. The Morgan fingerprint density at radius 3 is 3.00 bits per heavy atom. The van der Waals surface area contributed by atoms with Gasteiger partial charge in [0.05, 0.1) is 0 Å². The maximum absolute atomic E-state index is 11.0. The van der Waals surface area contributed by atoms with Gasteiger partial charge in [-0.3, -0.25) is 9.69 Å². The average molecular weight is 289 g/mol. The van der Waals surface area contributed by atoms with E-state index in [1.165, 1.54) is 22.9 Å². The number of nitrogens with zero attached hydrogens (tertiary/aromatic N) is 1. The van der Waals surface area contributed by atoms with E-state index in [2.05, 4.69) is 18.1 Å². The topological polar surface area (TPSA) is 29.5 Å². The molecule has 0 spiro atoms. The summed E-state index contributed by atoms with van der Waals surface area (Å²) in [5.74, 6) is -0.261. The Morgan fingerprint density at radius 2 is 2.35 bits per heavy atom. The van der Waals surface area contributed by atoms with Gasteiger partial charge in [-0.25, -0.2) is 0 Å². The molecule has 106 valence electrons. The summed E-state index contributed by atoms with van der Waals surface area (Å²) in [7, 11) is 0. The second-order valence-electron chi connectivity index (χ2n) is 4.75. The van der Waals surface area contributed by atoms with Gasteiger partial charge in [-0.1, -0.05) is 31.4 Å². The first-order valence-electron chi connectivity index (χ1n) is 6.58. The van der Waals surface area contributed by atoms with E-state index in [0.717, 1.165) is 26.1 Å². The van der Waals surface area contributed by atoms with E-state index in [0.29, 0.717) is 5.06 Å². The number of esters is 1. The van der Waals surface area contributed by atoms with E-state index < -0.39 is 0 Å². The molecule has 3 nitrogen and oxygen atoms in total. The Kier molecular flexibility index (Phi) is 4.93. The van der Waals surface area contributed by atoms with Gasteiger partial charge in [0.25, 0.3) is 0 Å². The molecule has 1 aromatic heterocycles. The first-order valence-corrected chi connectivity index (χ1v) is 7.40. The summed E-state index contributed by atoms with van der Waals surface area (Å²) in [5, 5.41) is 0.704. The van der Waals surface area contributed by atoms with Crippen LogP contribution in [-0.2, 0) is 17.8 Å². The van der Waals surface area contributed by atoms with Gasteiger partial charge in [-0.05, 0) is 23.6 Å². The van der Waals surface area contributed by atoms with Crippen LogP contribution in [0.4, 0.5) is 0 Å². The standard InChI is InChI=1S/C16H19NO2S/c1-4-6-13(5-2)10-17-8-7-15-14(11-17)9-16(20-15)19-12(3)18/h4-6,9H,1-2,7-8,10-11H2,3H3/b13-6+. The fraction of sp³-hybridized carbons (Fsp3) is 0.312. The lowest BCUT2D eigenvalue weighted by atomic mass is 10.1. The molecule has 0 fully saturated rings. The average Bonchev–Trinajstić information content (AvgIpc) is 2.78. The molecule has 2 rings (SSSR count). The molecular weight excluding hydrogens is 270 g/mol. The van der Waals surface area contributed by atoms with Crippen molar-refractivity contribution in [2.45, 2.75) is 19.9 Å². The lowest BCUT2D eigenvalue weighted by Gasteiger charge is -2.26. The Balaban J connectivity index is 2.05. The minimum atomic E-state index is -0.261. The fourth-order valence-corrected chi connectivity index (χ4v) is 3.34. The minimum Gasteiger partial charge on any atom is -0.416 e. The van der Waals surface area contributed by atoms with E-state index in [4.69, 9.17) is 4.74 Å². The minimum absolute atomic E-state index is 0.261. The molecule has 0 aliphatic carbocycles. The molecule has 0 saturated carbocycles. The number of rotatable bonds is 5. The van der Waals surface area contributed by atoms with Crippen LogP contribution in [0.3, 0.4) is 0 Å². The van der Waals surface area contributed by atoms with Crippen LogP contribution in [-0.4, -0.2) is 24.0 Å². The van der Waals surface area contributed by atoms with E-state index in [-0.39, 0.29) is 5.97 Å². The molecule has 0 saturated heterocycles. The molecule has 4 heteroatoms. The highest BCUT2D eigenvalue weighted by molar-refractivity contribution is 7.14. The molecule has 0 atom stereocenters. The summed E-state index contributed by atoms with van der Waals surface area (Å²) in [4.78, 5) is 14.7. The predicted molar refractivity (Wildman–Crippen MR) is 83.1 cm³/mol. The molecule has 0 unspecified atom stereocenters. The number of carbonyl (C=O) groups excluding carboxylic acids is 1. The number of fused-ring (bicyclic) bond motifs is 1. The van der Waals surface area contributed by atoms with Crippen molar-refractivity contribution in [2.24, 2.45) is 0 Å². The van der Waals surface area contributed by atoms with Crippen LogP contribution in [0.15, 0.2) is 43.0 Å². The van der Waals surface area contributed by atoms with Gasteiger partial charge in [0.1, 0.15) is 0 Å². The molecule has 0 amide bonds. The predicted octanol–water partition coefficient (Wildman–Crippen LogP) is 3.33. The number of allylic oxidation sites excluding steroid dienone is 2. The van der Waals surface area contributed by atoms with Crippen molar-refractivity contribution in [3.63, 3.8) is 0 Å². The first kappa shape index (κ1) is 14.8. The van der Waals surface area contributed by atoms with Crippen LogP contribution in [0.25, 0.3) is 0 Å². The van der Waals surface area contributed by atoms with Gasteiger partial charge in [0.2, 0.25) is 0 Å². The molecule has 0 bridgehead atoms. The number of hydrogen-bond acceptors (Lipinski definition) is 4. The lowest BCUT2D eigenvalue weighted by molar-refractivity contribution is -0.131. The SMILES string of the molecule is C=C/C=C(\C=C)CN1CCc2sc(OC(C)=O)cc2C1. The monoisotopic (exact) mass is 289 g/mol. The van der Waals surface area contributed by atoms with Crippen molar-refractivity contribution < 1.29 is 9.53 Å². The van der Waals surface area contributed by atoms with Crippen molar-refractivity contribution in [3.05, 3.63) is 53.5 Å². The maximum atomic E-state index is 11.0. The zero-order chi connectivity index (χ0) is 14.5. The summed E-state index contributed by atoms with van der Waals surface area (Å²) in [6.45, 7) is 11.7. The zero-order valence-electron chi connectivity index (χ0n) is 11.7. The summed E-state index contributed by atoms with van der Waals surface area (Å²) in [6, 6.07) is 1.98. The highest BCUT2D eigenvalue weighted by Gasteiger charge is 2.20. The van der Waals surface area contributed by atoms with Gasteiger partial charge in [-0.2, -0.15) is 0 Å². The van der Waals surface area contributed by atoms with E-state index in [1.54, 1.807) is 17.4 Å². The molecule has 2 heterocycles. The molecule has 1 aromatic rings. The van der Waals surface area contributed by atoms with Crippen molar-refractivity contribution in [3.8, 4) is 5.06 Å². The highest BCUT2D eigenvalue weighted by Crippen LogP contribution is 2.33. The van der Waals surface area contributed by atoms with Crippen LogP contribution in [0.1, 0.15) is 17.4 Å². The summed E-state index contributed by atoms with van der Waals surface area (Å²) in [5.41, 5.74) is 2.43.